The Bertz CT molecular complexity index is 867. The molecule has 0 saturated carbocycles. The molecule has 0 saturated heterocycles. The average molecular weight is 384 g/mol. The summed E-state index contributed by atoms with van der Waals surface area (Å²) in [5, 5.41) is 16.3. The van der Waals surface area contributed by atoms with Gasteiger partial charge in [0, 0.05) is 17.7 Å². The zero-order valence-corrected chi connectivity index (χ0v) is 17.2. The summed E-state index contributed by atoms with van der Waals surface area (Å²) in [6.07, 6.45) is 1.39. The number of hydrogen-bond donors (Lipinski definition) is 1. The molecule has 1 atom stereocenters. The summed E-state index contributed by atoms with van der Waals surface area (Å²) in [7, 11) is 3.21. The quantitative estimate of drug-likeness (QED) is 0.717. The molecule has 1 unspecified atom stereocenters. The van der Waals surface area contributed by atoms with E-state index in [1.165, 1.54) is 0 Å². The molecule has 0 bridgehead atoms. The first-order valence-corrected chi connectivity index (χ1v) is 9.32. The van der Waals surface area contributed by atoms with Crippen LogP contribution in [0.15, 0.2) is 18.2 Å². The Morgan fingerprint density at radius 3 is 2.71 bits per heavy atom. The van der Waals surface area contributed by atoms with E-state index < -0.39 is 0 Å². The van der Waals surface area contributed by atoms with Crippen LogP contribution in [0.5, 0.6) is 11.5 Å². The van der Waals surface area contributed by atoms with Crippen LogP contribution < -0.4 is 14.8 Å². The highest BCUT2D eigenvalue weighted by Gasteiger charge is 2.17. The number of rotatable bonds is 9. The van der Waals surface area contributed by atoms with Crippen molar-refractivity contribution < 1.29 is 14.3 Å². The molecule has 1 N–H and O–H groups in total. The number of benzene rings is 1. The number of carbonyl (C=O) groups excluding carboxylic acids is 1. The highest BCUT2D eigenvalue weighted by Crippen LogP contribution is 2.29. The molecule has 0 aliphatic carbocycles. The van der Waals surface area contributed by atoms with Crippen molar-refractivity contribution in [1.29, 1.82) is 5.26 Å². The molecule has 0 radical (unpaired) electrons. The van der Waals surface area contributed by atoms with Gasteiger partial charge >= 0.3 is 0 Å². The number of nitriles is 1. The largest absolute Gasteiger partial charge is 0.497 e. The maximum atomic E-state index is 12.5. The van der Waals surface area contributed by atoms with Crippen molar-refractivity contribution in [3.05, 3.63) is 40.7 Å². The molecular weight excluding hydrogens is 356 g/mol. The van der Waals surface area contributed by atoms with Gasteiger partial charge in [0.2, 0.25) is 5.91 Å². The zero-order chi connectivity index (χ0) is 20.7. The lowest BCUT2D eigenvalue weighted by Gasteiger charge is -2.18. The van der Waals surface area contributed by atoms with Gasteiger partial charge in [-0.2, -0.15) is 10.4 Å². The fraction of sp³-hybridized carbons (Fsp3) is 0.476. The van der Waals surface area contributed by atoms with E-state index in [4.69, 9.17) is 14.7 Å². The molecule has 7 nitrogen and oxygen atoms in total. The van der Waals surface area contributed by atoms with E-state index >= 15 is 0 Å². The number of aryl methyl sites for hydroxylation is 2. The van der Waals surface area contributed by atoms with Crippen molar-refractivity contribution in [2.45, 2.75) is 52.6 Å². The zero-order valence-electron chi connectivity index (χ0n) is 17.2. The van der Waals surface area contributed by atoms with Gasteiger partial charge in [0.15, 0.2) is 0 Å². The minimum absolute atomic E-state index is 0.0408. The van der Waals surface area contributed by atoms with E-state index in [2.05, 4.69) is 16.5 Å². The van der Waals surface area contributed by atoms with Gasteiger partial charge in [0.05, 0.1) is 45.0 Å². The number of hydrogen-bond acceptors (Lipinski definition) is 5. The van der Waals surface area contributed by atoms with Gasteiger partial charge in [-0.05, 0) is 51.0 Å². The molecule has 150 valence electrons. The molecule has 2 rings (SSSR count). The summed E-state index contributed by atoms with van der Waals surface area (Å²) in [6.45, 7) is 6.41. The van der Waals surface area contributed by atoms with Crippen LogP contribution in [0.1, 0.15) is 48.3 Å². The normalized spacial score (nSPS) is 11.6. The van der Waals surface area contributed by atoms with Gasteiger partial charge in [-0.15, -0.1) is 0 Å². The van der Waals surface area contributed by atoms with Crippen molar-refractivity contribution in [3.8, 4) is 17.6 Å². The highest BCUT2D eigenvalue weighted by molar-refractivity contribution is 5.77. The molecule has 1 aromatic carbocycles. The van der Waals surface area contributed by atoms with Crippen LogP contribution in [0, 0.1) is 25.2 Å². The molecule has 0 fully saturated rings. The van der Waals surface area contributed by atoms with Crippen LogP contribution in [0.2, 0.25) is 0 Å². The summed E-state index contributed by atoms with van der Waals surface area (Å²) in [5.74, 6) is 1.38. The Balaban J connectivity index is 2.02. The summed E-state index contributed by atoms with van der Waals surface area (Å²) in [4.78, 5) is 12.5. The second kappa shape index (κ2) is 9.79. The lowest BCUT2D eigenvalue weighted by molar-refractivity contribution is -0.121. The van der Waals surface area contributed by atoms with Crippen LogP contribution in [0.3, 0.4) is 0 Å². The summed E-state index contributed by atoms with van der Waals surface area (Å²) >= 11 is 0. The molecule has 28 heavy (non-hydrogen) atoms. The standard InChI is InChI=1S/C21H28N4O3/c1-14(19-13-17(27-4)7-9-20(19)28-5)23-21(26)10-8-18-15(2)24-25(16(18)3)12-6-11-22/h7,9,13-14H,6,8,10,12H2,1-5H3,(H,23,26). The smallest absolute Gasteiger partial charge is 0.220 e. The Morgan fingerprint density at radius 2 is 2.07 bits per heavy atom. The first kappa shape index (κ1) is 21.3. The number of nitrogens with zero attached hydrogens (tertiary/aromatic N) is 3. The first-order chi connectivity index (χ1) is 13.4. The van der Waals surface area contributed by atoms with E-state index in [9.17, 15) is 4.79 Å². The Kier molecular flexibility index (Phi) is 7.44. The van der Waals surface area contributed by atoms with Crippen LogP contribution in [0.4, 0.5) is 0 Å². The molecule has 0 spiro atoms. The Hall–Kier alpha value is -3.01. The van der Waals surface area contributed by atoms with Gasteiger partial charge in [-0.25, -0.2) is 0 Å². The van der Waals surface area contributed by atoms with Crippen molar-refractivity contribution >= 4 is 5.91 Å². The van der Waals surface area contributed by atoms with Crippen molar-refractivity contribution in [1.82, 2.24) is 15.1 Å². The van der Waals surface area contributed by atoms with Crippen LogP contribution >= 0.6 is 0 Å². The molecular formula is C21H28N4O3. The minimum atomic E-state index is -0.210. The maximum absolute atomic E-state index is 12.5. The predicted octanol–water partition coefficient (Wildman–Crippen LogP) is 3.24. The minimum Gasteiger partial charge on any atom is -0.497 e. The summed E-state index contributed by atoms with van der Waals surface area (Å²) in [6, 6.07) is 7.45. The lowest BCUT2D eigenvalue weighted by atomic mass is 10.0. The van der Waals surface area contributed by atoms with Gasteiger partial charge in [0.25, 0.3) is 0 Å². The van der Waals surface area contributed by atoms with Crippen LogP contribution in [0.25, 0.3) is 0 Å². The van der Waals surface area contributed by atoms with Crippen LogP contribution in [-0.2, 0) is 17.8 Å². The number of aromatic nitrogens is 2. The van der Waals surface area contributed by atoms with Gasteiger partial charge in [-0.1, -0.05) is 0 Å². The fourth-order valence-corrected chi connectivity index (χ4v) is 3.28. The average Bonchev–Trinajstić information content (AvgIpc) is 2.96. The fourth-order valence-electron chi connectivity index (χ4n) is 3.28. The number of nitrogens with one attached hydrogen (secondary N) is 1. The number of carbonyl (C=O) groups is 1. The highest BCUT2D eigenvalue weighted by atomic mass is 16.5. The maximum Gasteiger partial charge on any atom is 0.220 e. The van der Waals surface area contributed by atoms with Gasteiger partial charge < -0.3 is 14.8 Å². The topological polar surface area (TPSA) is 89.2 Å². The molecule has 1 amide bonds. The van der Waals surface area contributed by atoms with Gasteiger partial charge in [0.1, 0.15) is 11.5 Å². The third-order valence-corrected chi connectivity index (χ3v) is 4.85. The third-order valence-electron chi connectivity index (χ3n) is 4.85. The molecule has 1 heterocycles. The van der Waals surface area contributed by atoms with Crippen LogP contribution in [-0.4, -0.2) is 29.9 Å². The number of ether oxygens (including phenoxy) is 2. The number of amides is 1. The first-order valence-electron chi connectivity index (χ1n) is 9.32. The summed E-state index contributed by atoms with van der Waals surface area (Å²) in [5.41, 5.74) is 3.86. The van der Waals surface area contributed by atoms with Crippen molar-refractivity contribution in [2.24, 2.45) is 0 Å². The lowest BCUT2D eigenvalue weighted by Crippen LogP contribution is -2.27. The van der Waals surface area contributed by atoms with Crippen molar-refractivity contribution in [2.75, 3.05) is 14.2 Å². The molecule has 0 aliphatic rings. The monoisotopic (exact) mass is 384 g/mol. The molecule has 0 aliphatic heterocycles. The van der Waals surface area contributed by atoms with E-state index in [-0.39, 0.29) is 11.9 Å². The second-order valence-electron chi connectivity index (χ2n) is 6.68. The van der Waals surface area contributed by atoms with Gasteiger partial charge in [-0.3, -0.25) is 9.48 Å². The van der Waals surface area contributed by atoms with E-state index in [0.29, 0.717) is 37.3 Å². The van der Waals surface area contributed by atoms with E-state index in [1.54, 1.807) is 14.2 Å². The Labute approximate surface area is 166 Å². The molecule has 2 aromatic rings. The van der Waals surface area contributed by atoms with Crippen molar-refractivity contribution in [3.63, 3.8) is 0 Å². The predicted molar refractivity (Wildman–Crippen MR) is 106 cm³/mol. The third kappa shape index (κ3) is 5.03. The molecule has 1 aromatic heterocycles. The number of methoxy groups -OCH3 is 2. The van der Waals surface area contributed by atoms with E-state index in [1.807, 2.05) is 43.7 Å². The SMILES string of the molecule is COc1ccc(OC)c(C(C)NC(=O)CCc2c(C)nn(CCC#N)c2C)c1. The Morgan fingerprint density at radius 1 is 1.32 bits per heavy atom. The van der Waals surface area contributed by atoms with E-state index in [0.717, 1.165) is 22.5 Å². The summed E-state index contributed by atoms with van der Waals surface area (Å²) < 4.78 is 12.5. The molecule has 7 heteroatoms. The second-order valence-corrected chi connectivity index (χ2v) is 6.68.